The number of thiophene rings is 1. The number of benzene rings is 1. The predicted molar refractivity (Wildman–Crippen MR) is 73.7 cm³/mol. The van der Waals surface area contributed by atoms with Crippen molar-refractivity contribution in [1.29, 1.82) is 0 Å². The Hall–Kier alpha value is -0.710. The molecule has 1 heterocycles. The molecule has 0 radical (unpaired) electrons. The minimum atomic E-state index is -0.448. The van der Waals surface area contributed by atoms with Gasteiger partial charge in [0, 0.05) is 15.4 Å². The van der Waals surface area contributed by atoms with Crippen molar-refractivity contribution in [3.05, 3.63) is 56.4 Å². The molecule has 1 nitrogen and oxygen atoms in total. The van der Waals surface area contributed by atoms with E-state index in [0.29, 0.717) is 6.42 Å². The van der Waals surface area contributed by atoms with Crippen LogP contribution in [0.15, 0.2) is 39.5 Å². The highest BCUT2D eigenvalue weighted by molar-refractivity contribution is 9.10. The topological polar surface area (TPSA) is 26.0 Å². The standard InChI is InChI=1S/C13H13BrFNS/c1-13(16,11-7-17-8-12(11)14)6-9-2-4-10(15)5-3-9/h2-5,7-8H,6,16H2,1H3. The summed E-state index contributed by atoms with van der Waals surface area (Å²) >= 11 is 5.12. The van der Waals surface area contributed by atoms with Crippen LogP contribution < -0.4 is 5.73 Å². The molecule has 2 N–H and O–H groups in total. The van der Waals surface area contributed by atoms with Gasteiger partial charge in [-0.2, -0.15) is 11.3 Å². The number of nitrogens with two attached hydrogens (primary N) is 1. The first-order valence-electron chi connectivity index (χ1n) is 5.24. The fraction of sp³-hybridized carbons (Fsp3) is 0.231. The second-order valence-electron chi connectivity index (χ2n) is 4.35. The molecular formula is C13H13BrFNS. The van der Waals surface area contributed by atoms with Gasteiger partial charge < -0.3 is 5.73 Å². The lowest BCUT2D eigenvalue weighted by molar-refractivity contribution is 0.490. The Balaban J connectivity index is 2.23. The van der Waals surface area contributed by atoms with Crippen LogP contribution in [0.5, 0.6) is 0 Å². The minimum Gasteiger partial charge on any atom is -0.321 e. The van der Waals surface area contributed by atoms with E-state index in [0.717, 1.165) is 15.6 Å². The Labute approximate surface area is 113 Å². The summed E-state index contributed by atoms with van der Waals surface area (Å²) in [6, 6.07) is 6.49. The Kier molecular flexibility index (Phi) is 3.66. The van der Waals surface area contributed by atoms with E-state index in [2.05, 4.69) is 15.9 Å². The molecule has 0 saturated heterocycles. The molecule has 0 saturated carbocycles. The van der Waals surface area contributed by atoms with E-state index < -0.39 is 5.54 Å². The minimum absolute atomic E-state index is 0.218. The third-order valence-corrected chi connectivity index (χ3v) is 4.42. The zero-order valence-electron chi connectivity index (χ0n) is 9.41. The average molecular weight is 314 g/mol. The largest absolute Gasteiger partial charge is 0.321 e. The van der Waals surface area contributed by atoms with Crippen LogP contribution in [-0.2, 0) is 12.0 Å². The van der Waals surface area contributed by atoms with Gasteiger partial charge in [-0.1, -0.05) is 12.1 Å². The molecule has 0 aliphatic heterocycles. The molecule has 90 valence electrons. The summed E-state index contributed by atoms with van der Waals surface area (Å²) in [5.74, 6) is -0.218. The molecule has 0 fully saturated rings. The van der Waals surface area contributed by atoms with Gasteiger partial charge in [0.25, 0.3) is 0 Å². The van der Waals surface area contributed by atoms with Crippen LogP contribution >= 0.6 is 27.3 Å². The fourth-order valence-corrected chi connectivity index (χ4v) is 3.70. The van der Waals surface area contributed by atoms with Crippen LogP contribution in [0.3, 0.4) is 0 Å². The fourth-order valence-electron chi connectivity index (χ4n) is 1.81. The molecule has 0 bridgehead atoms. The van der Waals surface area contributed by atoms with Gasteiger partial charge in [0.1, 0.15) is 5.82 Å². The van der Waals surface area contributed by atoms with Gasteiger partial charge in [-0.15, -0.1) is 0 Å². The first-order chi connectivity index (χ1) is 7.99. The van der Waals surface area contributed by atoms with Crippen molar-refractivity contribution in [3.8, 4) is 0 Å². The van der Waals surface area contributed by atoms with Crippen LogP contribution in [0.4, 0.5) is 4.39 Å². The van der Waals surface area contributed by atoms with E-state index in [-0.39, 0.29) is 5.82 Å². The Bertz CT molecular complexity index is 504. The van der Waals surface area contributed by atoms with Crippen LogP contribution in [0.25, 0.3) is 0 Å². The van der Waals surface area contributed by atoms with Crippen molar-refractivity contribution in [1.82, 2.24) is 0 Å². The number of halogens is 2. The molecular weight excluding hydrogens is 301 g/mol. The SMILES string of the molecule is CC(N)(Cc1ccc(F)cc1)c1cscc1Br. The Morgan fingerprint density at radius 1 is 1.29 bits per heavy atom. The molecule has 17 heavy (non-hydrogen) atoms. The number of hydrogen-bond donors (Lipinski definition) is 1. The molecule has 2 aromatic rings. The second-order valence-corrected chi connectivity index (χ2v) is 5.95. The van der Waals surface area contributed by atoms with Crippen molar-refractivity contribution >= 4 is 27.3 Å². The first kappa shape index (κ1) is 12.7. The molecule has 1 atom stereocenters. The lowest BCUT2D eigenvalue weighted by atomic mass is 9.88. The van der Waals surface area contributed by atoms with Crippen LogP contribution in [0.2, 0.25) is 0 Å². The lowest BCUT2D eigenvalue weighted by Gasteiger charge is -2.24. The molecule has 0 aliphatic rings. The third-order valence-electron chi connectivity index (χ3n) is 2.71. The van der Waals surface area contributed by atoms with Gasteiger partial charge in [0.05, 0.1) is 0 Å². The Morgan fingerprint density at radius 2 is 1.94 bits per heavy atom. The van der Waals surface area contributed by atoms with Gasteiger partial charge in [0.2, 0.25) is 0 Å². The molecule has 1 aromatic carbocycles. The summed E-state index contributed by atoms with van der Waals surface area (Å²) in [7, 11) is 0. The van der Waals surface area contributed by atoms with Gasteiger partial charge >= 0.3 is 0 Å². The predicted octanol–water partition coefficient (Wildman–Crippen LogP) is 4.07. The maximum Gasteiger partial charge on any atom is 0.123 e. The van der Waals surface area contributed by atoms with Gasteiger partial charge in [-0.3, -0.25) is 0 Å². The number of hydrogen-bond acceptors (Lipinski definition) is 2. The zero-order chi connectivity index (χ0) is 12.5. The summed E-state index contributed by atoms with van der Waals surface area (Å²) in [6.45, 7) is 1.99. The summed E-state index contributed by atoms with van der Waals surface area (Å²) in [5, 5.41) is 4.07. The van der Waals surface area contributed by atoms with Crippen LogP contribution in [0.1, 0.15) is 18.1 Å². The molecule has 0 amide bonds. The monoisotopic (exact) mass is 313 g/mol. The van der Waals surface area contributed by atoms with Crippen molar-refractivity contribution in [2.75, 3.05) is 0 Å². The van der Waals surface area contributed by atoms with E-state index in [1.165, 1.54) is 12.1 Å². The lowest BCUT2D eigenvalue weighted by Crippen LogP contribution is -2.35. The molecule has 2 rings (SSSR count). The highest BCUT2D eigenvalue weighted by atomic mass is 79.9. The van der Waals surface area contributed by atoms with Gasteiger partial charge in [-0.05, 0) is 57.9 Å². The molecule has 4 heteroatoms. The molecule has 0 aliphatic carbocycles. The maximum atomic E-state index is 12.8. The second kappa shape index (κ2) is 4.88. The summed E-state index contributed by atoms with van der Waals surface area (Å²) < 4.78 is 13.9. The summed E-state index contributed by atoms with van der Waals surface area (Å²) in [6.07, 6.45) is 0.683. The van der Waals surface area contributed by atoms with Crippen molar-refractivity contribution < 1.29 is 4.39 Å². The zero-order valence-corrected chi connectivity index (χ0v) is 11.8. The highest BCUT2D eigenvalue weighted by Gasteiger charge is 2.24. The van der Waals surface area contributed by atoms with E-state index in [1.54, 1.807) is 23.5 Å². The molecule has 0 spiro atoms. The number of rotatable bonds is 3. The van der Waals surface area contributed by atoms with Crippen LogP contribution in [-0.4, -0.2) is 0 Å². The molecule has 1 unspecified atom stereocenters. The van der Waals surface area contributed by atoms with Crippen LogP contribution in [0, 0.1) is 5.82 Å². The van der Waals surface area contributed by atoms with Gasteiger partial charge in [0.15, 0.2) is 0 Å². The highest BCUT2D eigenvalue weighted by Crippen LogP contribution is 2.32. The first-order valence-corrected chi connectivity index (χ1v) is 6.98. The quantitative estimate of drug-likeness (QED) is 0.908. The van der Waals surface area contributed by atoms with Gasteiger partial charge in [-0.25, -0.2) is 4.39 Å². The van der Waals surface area contributed by atoms with E-state index in [4.69, 9.17) is 5.73 Å². The summed E-state index contributed by atoms with van der Waals surface area (Å²) in [4.78, 5) is 0. The molecule has 1 aromatic heterocycles. The van der Waals surface area contributed by atoms with E-state index >= 15 is 0 Å². The normalized spacial score (nSPS) is 14.6. The smallest absolute Gasteiger partial charge is 0.123 e. The summed E-state index contributed by atoms with van der Waals surface area (Å²) in [5.41, 5.74) is 8.01. The van der Waals surface area contributed by atoms with E-state index in [9.17, 15) is 4.39 Å². The third kappa shape index (κ3) is 2.94. The van der Waals surface area contributed by atoms with E-state index in [1.807, 2.05) is 17.7 Å². The van der Waals surface area contributed by atoms with Crippen molar-refractivity contribution in [2.24, 2.45) is 5.73 Å². The van der Waals surface area contributed by atoms with Crippen molar-refractivity contribution in [3.63, 3.8) is 0 Å². The van der Waals surface area contributed by atoms with Crippen molar-refractivity contribution in [2.45, 2.75) is 18.9 Å². The maximum absolute atomic E-state index is 12.8. The average Bonchev–Trinajstić information content (AvgIpc) is 2.68. The Morgan fingerprint density at radius 3 is 2.47 bits per heavy atom.